The molecule has 0 saturated heterocycles. The molecule has 2 aromatic heterocycles. The van der Waals surface area contributed by atoms with E-state index in [2.05, 4.69) is 5.10 Å². The van der Waals surface area contributed by atoms with Crippen molar-refractivity contribution in [1.29, 1.82) is 0 Å². The van der Waals surface area contributed by atoms with Gasteiger partial charge in [0.1, 0.15) is 5.82 Å². The first-order chi connectivity index (χ1) is 16.8. The van der Waals surface area contributed by atoms with Crippen LogP contribution in [-0.4, -0.2) is 26.2 Å². The molecule has 2 amide bonds. The van der Waals surface area contributed by atoms with Crippen molar-refractivity contribution in [2.24, 2.45) is 0 Å². The van der Waals surface area contributed by atoms with Gasteiger partial charge < -0.3 is 5.73 Å². The minimum Gasteiger partial charge on any atom is -0.384 e. The van der Waals surface area contributed by atoms with Gasteiger partial charge in [0.25, 0.3) is 17.4 Å². The summed E-state index contributed by atoms with van der Waals surface area (Å²) in [6, 6.07) is 2.81. The molecule has 14 heteroatoms. The zero-order chi connectivity index (χ0) is 26.2. The first-order valence-electron chi connectivity index (χ1n) is 10.6. The molecule has 0 atom stereocenters. The maximum atomic E-state index is 13.7. The van der Waals surface area contributed by atoms with Crippen LogP contribution >= 0.6 is 0 Å². The van der Waals surface area contributed by atoms with E-state index in [9.17, 15) is 40.7 Å². The molecule has 3 aromatic rings. The second kappa shape index (κ2) is 7.70. The third kappa shape index (κ3) is 3.55. The number of amides is 2. The molecular weight excluding hydrogens is 496 g/mol. The molecule has 0 spiro atoms. The molecule has 5 rings (SSSR count). The second-order valence-electron chi connectivity index (χ2n) is 8.37. The number of fused-ring (bicyclic) bond motifs is 2. The number of nitrogens with two attached hydrogens (primary N) is 1. The number of carbonyl (C=O) groups is 2. The molecule has 1 aliphatic carbocycles. The molecule has 36 heavy (non-hydrogen) atoms. The summed E-state index contributed by atoms with van der Waals surface area (Å²) in [6.07, 6.45) is -8.46. The molecule has 0 bridgehead atoms. The fourth-order valence-electron chi connectivity index (χ4n) is 4.61. The standard InChI is InChI=1S/C22H15F6N5O3/c23-21(24,25)9-5-6-13(33-12-4-2-1-3-10(12)17(31-33)22(26,27)28)14(7-9)32-15(34)8-11-16(18(32)29)20(36)30-19(11)35/h5-8H,1-4,29H2,(H,30,35,36). The van der Waals surface area contributed by atoms with Gasteiger partial charge in [-0.05, 0) is 43.9 Å². The predicted octanol–water partition coefficient (Wildman–Crippen LogP) is 3.41. The molecule has 0 saturated carbocycles. The van der Waals surface area contributed by atoms with E-state index in [1.165, 1.54) is 0 Å². The van der Waals surface area contributed by atoms with Gasteiger partial charge in [0.15, 0.2) is 5.69 Å². The maximum Gasteiger partial charge on any atom is 0.435 e. The SMILES string of the molecule is Nc1c2c(cc(=O)n1-c1cc(C(F)(F)F)ccc1-n1nc(C(F)(F)F)c3c1CCCC3)C(=O)NC2=O. The van der Waals surface area contributed by atoms with Crippen LogP contribution in [0.15, 0.2) is 29.1 Å². The third-order valence-corrected chi connectivity index (χ3v) is 6.17. The van der Waals surface area contributed by atoms with Crippen molar-refractivity contribution >= 4 is 17.6 Å². The Hall–Kier alpha value is -4.10. The van der Waals surface area contributed by atoms with Gasteiger partial charge in [-0.2, -0.15) is 31.4 Å². The summed E-state index contributed by atoms with van der Waals surface area (Å²) in [5.74, 6) is -2.52. The van der Waals surface area contributed by atoms with Crippen LogP contribution in [-0.2, 0) is 25.2 Å². The zero-order valence-corrected chi connectivity index (χ0v) is 18.0. The summed E-state index contributed by atoms with van der Waals surface area (Å²) in [4.78, 5) is 37.1. The molecule has 3 N–H and O–H groups in total. The minimum atomic E-state index is -4.88. The van der Waals surface area contributed by atoms with Crippen molar-refractivity contribution in [3.05, 3.63) is 68.3 Å². The van der Waals surface area contributed by atoms with E-state index in [0.29, 0.717) is 29.5 Å². The lowest BCUT2D eigenvalue weighted by Crippen LogP contribution is -2.26. The molecule has 0 fully saturated rings. The fraction of sp³-hybridized carbons (Fsp3) is 0.273. The second-order valence-corrected chi connectivity index (χ2v) is 8.37. The number of hydrogen-bond donors (Lipinski definition) is 2. The van der Waals surface area contributed by atoms with E-state index >= 15 is 0 Å². The Balaban J connectivity index is 1.85. The Labute approximate surface area is 197 Å². The molecule has 3 heterocycles. The first kappa shape index (κ1) is 23.6. The zero-order valence-electron chi connectivity index (χ0n) is 18.0. The van der Waals surface area contributed by atoms with Gasteiger partial charge in [-0.1, -0.05) is 0 Å². The highest BCUT2D eigenvalue weighted by atomic mass is 19.4. The Kier molecular flexibility index (Phi) is 5.05. The van der Waals surface area contributed by atoms with Crippen LogP contribution in [0.3, 0.4) is 0 Å². The van der Waals surface area contributed by atoms with Crippen LogP contribution in [0.2, 0.25) is 0 Å². The lowest BCUT2D eigenvalue weighted by molar-refractivity contribution is -0.142. The van der Waals surface area contributed by atoms with E-state index in [1.807, 2.05) is 5.32 Å². The number of alkyl halides is 6. The van der Waals surface area contributed by atoms with E-state index in [4.69, 9.17) is 5.73 Å². The third-order valence-electron chi connectivity index (χ3n) is 6.17. The van der Waals surface area contributed by atoms with E-state index in [1.54, 1.807) is 0 Å². The highest BCUT2D eigenvalue weighted by Crippen LogP contribution is 2.39. The van der Waals surface area contributed by atoms with Crippen molar-refractivity contribution < 1.29 is 35.9 Å². The average molecular weight is 511 g/mol. The molecule has 1 aliphatic heterocycles. The number of rotatable bonds is 2. The molecule has 188 valence electrons. The summed E-state index contributed by atoms with van der Waals surface area (Å²) >= 11 is 0. The van der Waals surface area contributed by atoms with Gasteiger partial charge >= 0.3 is 12.4 Å². The maximum absolute atomic E-state index is 13.7. The van der Waals surface area contributed by atoms with Crippen LogP contribution in [0.5, 0.6) is 0 Å². The summed E-state index contributed by atoms with van der Waals surface area (Å²) < 4.78 is 83.4. The van der Waals surface area contributed by atoms with Gasteiger partial charge in [0, 0.05) is 17.3 Å². The number of nitrogens with zero attached hydrogens (tertiary/aromatic N) is 3. The summed E-state index contributed by atoms with van der Waals surface area (Å²) in [6.45, 7) is 0. The van der Waals surface area contributed by atoms with E-state index in [-0.39, 0.29) is 35.3 Å². The number of imide groups is 1. The highest BCUT2D eigenvalue weighted by molar-refractivity contribution is 6.23. The van der Waals surface area contributed by atoms with Crippen molar-refractivity contribution in [3.63, 3.8) is 0 Å². The number of pyridine rings is 1. The fourth-order valence-corrected chi connectivity index (χ4v) is 4.61. The lowest BCUT2D eigenvalue weighted by Gasteiger charge is -2.20. The van der Waals surface area contributed by atoms with Gasteiger partial charge in [0.2, 0.25) is 0 Å². The number of anilines is 1. The quantitative estimate of drug-likeness (QED) is 0.405. The van der Waals surface area contributed by atoms with E-state index in [0.717, 1.165) is 16.8 Å². The number of hydrogen-bond acceptors (Lipinski definition) is 5. The Bertz CT molecular complexity index is 1520. The molecule has 2 aliphatic rings. The lowest BCUT2D eigenvalue weighted by atomic mass is 9.95. The Morgan fingerprint density at radius 2 is 1.58 bits per heavy atom. The van der Waals surface area contributed by atoms with Crippen LogP contribution in [0.25, 0.3) is 11.4 Å². The number of nitrogen functional groups attached to an aromatic ring is 1. The first-order valence-corrected chi connectivity index (χ1v) is 10.6. The topological polar surface area (TPSA) is 112 Å². The van der Waals surface area contributed by atoms with Crippen LogP contribution in [0.1, 0.15) is 56.1 Å². The molecule has 0 radical (unpaired) electrons. The number of nitrogens with one attached hydrogen (secondary N) is 1. The van der Waals surface area contributed by atoms with Crippen molar-refractivity contribution in [1.82, 2.24) is 19.7 Å². The summed E-state index contributed by atoms with van der Waals surface area (Å²) in [5.41, 5.74) is 1.01. The molecule has 0 unspecified atom stereocenters. The number of aromatic nitrogens is 3. The van der Waals surface area contributed by atoms with Gasteiger partial charge in [-0.25, -0.2) is 4.68 Å². The predicted molar refractivity (Wildman–Crippen MR) is 112 cm³/mol. The minimum absolute atomic E-state index is 0.0705. The van der Waals surface area contributed by atoms with Crippen molar-refractivity contribution in [2.45, 2.75) is 38.0 Å². The smallest absolute Gasteiger partial charge is 0.384 e. The number of benzene rings is 1. The average Bonchev–Trinajstić information content (AvgIpc) is 3.30. The number of carbonyl (C=O) groups excluding carboxylic acids is 2. The summed E-state index contributed by atoms with van der Waals surface area (Å²) in [7, 11) is 0. The monoisotopic (exact) mass is 511 g/mol. The Morgan fingerprint density at radius 1 is 0.889 bits per heavy atom. The van der Waals surface area contributed by atoms with Gasteiger partial charge in [-0.15, -0.1) is 0 Å². The normalized spacial score (nSPS) is 15.6. The Morgan fingerprint density at radius 3 is 2.25 bits per heavy atom. The van der Waals surface area contributed by atoms with Crippen LogP contribution in [0.4, 0.5) is 32.2 Å². The largest absolute Gasteiger partial charge is 0.435 e. The molecular formula is C22H15F6N5O3. The highest BCUT2D eigenvalue weighted by Gasteiger charge is 2.41. The van der Waals surface area contributed by atoms with Gasteiger partial charge in [-0.3, -0.25) is 24.3 Å². The summed E-state index contributed by atoms with van der Waals surface area (Å²) in [5, 5.41) is 5.63. The van der Waals surface area contributed by atoms with Crippen LogP contribution < -0.4 is 16.6 Å². The number of halogens is 6. The van der Waals surface area contributed by atoms with Crippen LogP contribution in [0, 0.1) is 0 Å². The van der Waals surface area contributed by atoms with Crippen molar-refractivity contribution in [2.75, 3.05) is 5.73 Å². The molecule has 8 nitrogen and oxygen atoms in total. The van der Waals surface area contributed by atoms with Crippen molar-refractivity contribution in [3.8, 4) is 11.4 Å². The molecule has 1 aromatic carbocycles. The van der Waals surface area contributed by atoms with E-state index < -0.39 is 58.1 Å². The van der Waals surface area contributed by atoms with Gasteiger partial charge in [0.05, 0.1) is 28.1 Å².